The Morgan fingerprint density at radius 1 is 1.30 bits per heavy atom. The number of rotatable bonds is 3. The molecule has 0 bridgehead atoms. The Morgan fingerprint density at radius 3 is 2.75 bits per heavy atom. The molecule has 0 saturated carbocycles. The van der Waals surface area contributed by atoms with Crippen molar-refractivity contribution >= 4 is 5.97 Å². The normalized spacial score (nSPS) is 19.9. The zero-order chi connectivity index (χ0) is 14.6. The number of aryl methyl sites for hydroxylation is 1. The van der Waals surface area contributed by atoms with Gasteiger partial charge in [-0.15, -0.1) is 0 Å². The summed E-state index contributed by atoms with van der Waals surface area (Å²) in [5, 5.41) is 3.38. The lowest BCUT2D eigenvalue weighted by atomic mass is 9.86. The van der Waals surface area contributed by atoms with Gasteiger partial charge in [0.05, 0.1) is 7.11 Å². The van der Waals surface area contributed by atoms with Crippen molar-refractivity contribution < 1.29 is 9.53 Å². The summed E-state index contributed by atoms with van der Waals surface area (Å²) in [6.07, 6.45) is 1.04. The minimum atomic E-state index is -0.716. The molecule has 1 unspecified atom stereocenters. The Balaban J connectivity index is 2.44. The number of esters is 1. The molecule has 1 heterocycles. The van der Waals surface area contributed by atoms with Crippen LogP contribution in [0, 0.1) is 6.92 Å². The van der Waals surface area contributed by atoms with Crippen molar-refractivity contribution in [2.75, 3.05) is 33.3 Å². The standard InChI is InChI=1S/C16H24N2O2/c1-13-7-4-5-8-14(13)16(2,15(19)20-3)18-11-6-9-17-10-12-18/h4-5,7-8,17H,6,9-12H2,1-3H3. The maximum Gasteiger partial charge on any atom is 0.330 e. The fourth-order valence-corrected chi connectivity index (χ4v) is 3.02. The molecule has 1 saturated heterocycles. The van der Waals surface area contributed by atoms with Gasteiger partial charge in [0, 0.05) is 19.6 Å². The summed E-state index contributed by atoms with van der Waals surface area (Å²) in [5.41, 5.74) is 1.44. The smallest absolute Gasteiger partial charge is 0.330 e. The molecule has 110 valence electrons. The number of hydrogen-bond acceptors (Lipinski definition) is 4. The third kappa shape index (κ3) is 2.72. The van der Waals surface area contributed by atoms with E-state index in [0.29, 0.717) is 0 Å². The van der Waals surface area contributed by atoms with Crippen LogP contribution in [0.1, 0.15) is 24.5 Å². The highest BCUT2D eigenvalue weighted by molar-refractivity contribution is 5.82. The van der Waals surface area contributed by atoms with Gasteiger partial charge in [0.2, 0.25) is 0 Å². The summed E-state index contributed by atoms with van der Waals surface area (Å²) in [6, 6.07) is 8.07. The molecule has 0 radical (unpaired) electrons. The van der Waals surface area contributed by atoms with E-state index in [2.05, 4.69) is 10.2 Å². The average Bonchev–Trinajstić information content (AvgIpc) is 2.75. The van der Waals surface area contributed by atoms with Crippen molar-refractivity contribution in [1.82, 2.24) is 10.2 Å². The number of carbonyl (C=O) groups is 1. The van der Waals surface area contributed by atoms with Crippen LogP contribution in [0.3, 0.4) is 0 Å². The molecule has 1 N–H and O–H groups in total. The number of hydrogen-bond donors (Lipinski definition) is 1. The summed E-state index contributed by atoms with van der Waals surface area (Å²) in [5.74, 6) is -0.186. The first-order chi connectivity index (χ1) is 9.60. The molecule has 1 aliphatic rings. The van der Waals surface area contributed by atoms with Crippen LogP contribution in [0.5, 0.6) is 0 Å². The SMILES string of the molecule is COC(=O)C(C)(c1ccccc1C)N1CCCNCC1. The lowest BCUT2D eigenvalue weighted by molar-refractivity contribution is -0.155. The van der Waals surface area contributed by atoms with Crippen molar-refractivity contribution in [3.8, 4) is 0 Å². The molecule has 1 fully saturated rings. The number of carbonyl (C=O) groups excluding carboxylic acids is 1. The Labute approximate surface area is 121 Å². The molecule has 4 nitrogen and oxygen atoms in total. The van der Waals surface area contributed by atoms with Crippen molar-refractivity contribution in [3.05, 3.63) is 35.4 Å². The van der Waals surface area contributed by atoms with Gasteiger partial charge in [-0.3, -0.25) is 4.90 Å². The van der Waals surface area contributed by atoms with Crippen molar-refractivity contribution in [2.45, 2.75) is 25.8 Å². The number of nitrogens with one attached hydrogen (secondary N) is 1. The zero-order valence-electron chi connectivity index (χ0n) is 12.6. The quantitative estimate of drug-likeness (QED) is 0.853. The number of ether oxygens (including phenoxy) is 1. The Morgan fingerprint density at radius 2 is 2.05 bits per heavy atom. The Bertz CT molecular complexity index is 467. The van der Waals surface area contributed by atoms with Crippen LogP contribution in [-0.2, 0) is 15.1 Å². The lowest BCUT2D eigenvalue weighted by Crippen LogP contribution is -2.52. The summed E-state index contributed by atoms with van der Waals surface area (Å²) >= 11 is 0. The Hall–Kier alpha value is -1.39. The number of methoxy groups -OCH3 is 1. The molecule has 1 aromatic rings. The van der Waals surface area contributed by atoms with Crippen LogP contribution in [0.4, 0.5) is 0 Å². The molecule has 2 rings (SSSR count). The third-order valence-electron chi connectivity index (χ3n) is 4.22. The highest BCUT2D eigenvalue weighted by Crippen LogP contribution is 2.32. The van der Waals surface area contributed by atoms with E-state index in [-0.39, 0.29) is 5.97 Å². The van der Waals surface area contributed by atoms with E-state index >= 15 is 0 Å². The zero-order valence-corrected chi connectivity index (χ0v) is 12.6. The van der Waals surface area contributed by atoms with Gasteiger partial charge < -0.3 is 10.1 Å². The highest BCUT2D eigenvalue weighted by Gasteiger charge is 2.43. The van der Waals surface area contributed by atoms with E-state index in [4.69, 9.17) is 4.74 Å². The second kappa shape index (κ2) is 6.37. The average molecular weight is 276 g/mol. The summed E-state index contributed by atoms with van der Waals surface area (Å²) < 4.78 is 5.12. The first kappa shape index (κ1) is 15.0. The van der Waals surface area contributed by atoms with Crippen LogP contribution in [0.15, 0.2) is 24.3 Å². The maximum atomic E-state index is 12.5. The van der Waals surface area contributed by atoms with Gasteiger partial charge in [0.1, 0.15) is 5.54 Å². The van der Waals surface area contributed by atoms with Crippen LogP contribution in [0.2, 0.25) is 0 Å². The van der Waals surface area contributed by atoms with E-state index in [0.717, 1.165) is 43.7 Å². The van der Waals surface area contributed by atoms with E-state index < -0.39 is 5.54 Å². The monoisotopic (exact) mass is 276 g/mol. The molecule has 1 aromatic carbocycles. The Kier molecular flexibility index (Phi) is 4.78. The van der Waals surface area contributed by atoms with Gasteiger partial charge in [-0.1, -0.05) is 24.3 Å². The number of benzene rings is 1. The van der Waals surface area contributed by atoms with Crippen molar-refractivity contribution in [2.24, 2.45) is 0 Å². The van der Waals surface area contributed by atoms with Gasteiger partial charge in [-0.2, -0.15) is 0 Å². The molecule has 20 heavy (non-hydrogen) atoms. The molecule has 4 heteroatoms. The van der Waals surface area contributed by atoms with Gasteiger partial charge >= 0.3 is 5.97 Å². The summed E-state index contributed by atoms with van der Waals surface area (Å²) in [4.78, 5) is 14.8. The topological polar surface area (TPSA) is 41.6 Å². The lowest BCUT2D eigenvalue weighted by Gasteiger charge is -2.39. The van der Waals surface area contributed by atoms with E-state index in [1.165, 1.54) is 7.11 Å². The molecule has 0 aromatic heterocycles. The molecular formula is C16H24N2O2. The second-order valence-corrected chi connectivity index (χ2v) is 5.47. The van der Waals surface area contributed by atoms with Gasteiger partial charge in [0.15, 0.2) is 0 Å². The molecular weight excluding hydrogens is 252 g/mol. The van der Waals surface area contributed by atoms with Crippen LogP contribution >= 0.6 is 0 Å². The van der Waals surface area contributed by atoms with Crippen molar-refractivity contribution in [3.63, 3.8) is 0 Å². The summed E-state index contributed by atoms with van der Waals surface area (Å²) in [7, 11) is 1.47. The third-order valence-corrected chi connectivity index (χ3v) is 4.22. The molecule has 1 atom stereocenters. The van der Waals surface area contributed by atoms with Crippen LogP contribution < -0.4 is 5.32 Å². The van der Waals surface area contributed by atoms with Gasteiger partial charge in [0.25, 0.3) is 0 Å². The largest absolute Gasteiger partial charge is 0.467 e. The van der Waals surface area contributed by atoms with Crippen molar-refractivity contribution in [1.29, 1.82) is 0 Å². The molecule has 0 amide bonds. The summed E-state index contributed by atoms with van der Waals surface area (Å²) in [6.45, 7) is 7.67. The first-order valence-electron chi connectivity index (χ1n) is 7.21. The minimum absolute atomic E-state index is 0.186. The second-order valence-electron chi connectivity index (χ2n) is 5.47. The van der Waals surface area contributed by atoms with Crippen LogP contribution in [0.25, 0.3) is 0 Å². The fraction of sp³-hybridized carbons (Fsp3) is 0.562. The van der Waals surface area contributed by atoms with E-state index in [1.54, 1.807) is 0 Å². The molecule has 1 aliphatic heterocycles. The van der Waals surface area contributed by atoms with E-state index in [1.807, 2.05) is 38.1 Å². The van der Waals surface area contributed by atoms with Crippen LogP contribution in [-0.4, -0.2) is 44.2 Å². The fourth-order valence-electron chi connectivity index (χ4n) is 3.02. The minimum Gasteiger partial charge on any atom is -0.467 e. The predicted octanol–water partition coefficient (Wildman–Crippen LogP) is 1.68. The van der Waals surface area contributed by atoms with E-state index in [9.17, 15) is 4.79 Å². The first-order valence-corrected chi connectivity index (χ1v) is 7.21. The van der Waals surface area contributed by atoms with Gasteiger partial charge in [-0.05, 0) is 37.9 Å². The molecule has 0 aliphatic carbocycles. The predicted molar refractivity (Wildman–Crippen MR) is 79.6 cm³/mol. The number of nitrogens with zero attached hydrogens (tertiary/aromatic N) is 1. The van der Waals surface area contributed by atoms with Gasteiger partial charge in [-0.25, -0.2) is 4.79 Å². The molecule has 0 spiro atoms. The highest BCUT2D eigenvalue weighted by atomic mass is 16.5. The maximum absolute atomic E-state index is 12.5.